The Morgan fingerprint density at radius 3 is 3.12 bits per heavy atom. The highest BCUT2D eigenvalue weighted by atomic mass is 19.1. The summed E-state index contributed by atoms with van der Waals surface area (Å²) >= 11 is 0. The molecule has 1 aromatic rings. The second kappa shape index (κ2) is 5.30. The lowest BCUT2D eigenvalue weighted by atomic mass is 10.1. The van der Waals surface area contributed by atoms with E-state index in [1.807, 2.05) is 6.07 Å². The molecule has 1 aliphatic heterocycles. The molecule has 1 unspecified atom stereocenters. The Hall–Kier alpha value is -1.09. The second-order valence-electron chi connectivity index (χ2n) is 4.37. The maximum Gasteiger partial charge on any atom is 0.125 e. The number of benzene rings is 1. The lowest BCUT2D eigenvalue weighted by Gasteiger charge is -2.35. The van der Waals surface area contributed by atoms with Gasteiger partial charge in [0.25, 0.3) is 0 Å². The van der Waals surface area contributed by atoms with Crippen LogP contribution in [0.5, 0.6) is 0 Å². The molecule has 0 saturated carbocycles. The van der Waals surface area contributed by atoms with Crippen molar-refractivity contribution in [3.8, 4) is 0 Å². The molecule has 1 aromatic carbocycles. The molecule has 1 saturated heterocycles. The Kier molecular flexibility index (Phi) is 3.78. The summed E-state index contributed by atoms with van der Waals surface area (Å²) in [6.07, 6.45) is 2.38. The van der Waals surface area contributed by atoms with Gasteiger partial charge < -0.3 is 10.2 Å². The maximum atomic E-state index is 13.1. The van der Waals surface area contributed by atoms with Crippen LogP contribution in [-0.4, -0.2) is 25.7 Å². The van der Waals surface area contributed by atoms with Crippen molar-refractivity contribution in [1.29, 1.82) is 0 Å². The van der Waals surface area contributed by atoms with Gasteiger partial charge in [0, 0.05) is 31.4 Å². The second-order valence-corrected chi connectivity index (χ2v) is 4.37. The SMILES string of the molecule is CCCC1CN(c2cccc(F)c2)CCN1. The van der Waals surface area contributed by atoms with Crippen LogP contribution < -0.4 is 10.2 Å². The predicted octanol–water partition coefficient (Wildman–Crippen LogP) is 2.40. The summed E-state index contributed by atoms with van der Waals surface area (Å²) in [4.78, 5) is 2.26. The highest BCUT2D eigenvalue weighted by Crippen LogP contribution is 2.18. The van der Waals surface area contributed by atoms with Crippen LogP contribution >= 0.6 is 0 Å². The summed E-state index contributed by atoms with van der Waals surface area (Å²) in [6.45, 7) is 5.13. The molecule has 16 heavy (non-hydrogen) atoms. The molecule has 0 radical (unpaired) electrons. The normalized spacial score (nSPS) is 21.1. The number of nitrogens with zero attached hydrogens (tertiary/aromatic N) is 1. The van der Waals surface area contributed by atoms with E-state index >= 15 is 0 Å². The van der Waals surface area contributed by atoms with Crippen molar-refractivity contribution in [2.45, 2.75) is 25.8 Å². The van der Waals surface area contributed by atoms with Crippen molar-refractivity contribution in [2.24, 2.45) is 0 Å². The largest absolute Gasteiger partial charge is 0.369 e. The summed E-state index contributed by atoms with van der Waals surface area (Å²) < 4.78 is 13.1. The van der Waals surface area contributed by atoms with Gasteiger partial charge in [0.05, 0.1) is 0 Å². The highest BCUT2D eigenvalue weighted by Gasteiger charge is 2.18. The minimum atomic E-state index is -0.150. The number of hydrogen-bond acceptors (Lipinski definition) is 2. The Labute approximate surface area is 96.5 Å². The third-order valence-corrected chi connectivity index (χ3v) is 3.07. The van der Waals surface area contributed by atoms with Gasteiger partial charge >= 0.3 is 0 Å². The lowest BCUT2D eigenvalue weighted by molar-refractivity contribution is 0.430. The molecule has 0 amide bonds. The summed E-state index contributed by atoms with van der Waals surface area (Å²) in [5, 5.41) is 3.50. The standard InChI is InChI=1S/C13H19FN2/c1-2-4-12-10-16(8-7-15-12)13-6-3-5-11(14)9-13/h3,5-6,9,12,15H,2,4,7-8,10H2,1H3. The molecular weight excluding hydrogens is 203 g/mol. The zero-order chi connectivity index (χ0) is 11.4. The van der Waals surface area contributed by atoms with Crippen LogP contribution in [0.2, 0.25) is 0 Å². The van der Waals surface area contributed by atoms with Gasteiger partial charge in [-0.05, 0) is 24.6 Å². The first-order chi connectivity index (χ1) is 7.79. The molecule has 0 spiro atoms. The van der Waals surface area contributed by atoms with Gasteiger partial charge in [-0.15, -0.1) is 0 Å². The van der Waals surface area contributed by atoms with Gasteiger partial charge in [-0.25, -0.2) is 4.39 Å². The van der Waals surface area contributed by atoms with Crippen molar-refractivity contribution in [2.75, 3.05) is 24.5 Å². The molecule has 2 rings (SSSR count). The molecule has 1 atom stereocenters. The van der Waals surface area contributed by atoms with Crippen LogP contribution in [0, 0.1) is 5.82 Å². The van der Waals surface area contributed by atoms with Crippen molar-refractivity contribution >= 4 is 5.69 Å². The Bertz CT molecular complexity index is 338. The minimum absolute atomic E-state index is 0.150. The van der Waals surface area contributed by atoms with Crippen LogP contribution in [-0.2, 0) is 0 Å². The first-order valence-electron chi connectivity index (χ1n) is 6.03. The summed E-state index contributed by atoms with van der Waals surface area (Å²) in [5.41, 5.74) is 1.00. The monoisotopic (exact) mass is 222 g/mol. The van der Waals surface area contributed by atoms with Crippen LogP contribution in [0.25, 0.3) is 0 Å². The van der Waals surface area contributed by atoms with E-state index in [0.717, 1.165) is 25.3 Å². The van der Waals surface area contributed by atoms with E-state index in [1.165, 1.54) is 18.9 Å². The van der Waals surface area contributed by atoms with Crippen molar-refractivity contribution < 1.29 is 4.39 Å². The zero-order valence-electron chi connectivity index (χ0n) is 9.75. The van der Waals surface area contributed by atoms with E-state index in [4.69, 9.17) is 0 Å². The molecule has 1 heterocycles. The van der Waals surface area contributed by atoms with Gasteiger partial charge in [0.15, 0.2) is 0 Å². The van der Waals surface area contributed by atoms with Crippen molar-refractivity contribution in [3.05, 3.63) is 30.1 Å². The number of anilines is 1. The summed E-state index contributed by atoms with van der Waals surface area (Å²) in [7, 11) is 0. The predicted molar refractivity (Wildman–Crippen MR) is 65.3 cm³/mol. The molecule has 1 fully saturated rings. The van der Waals surface area contributed by atoms with Gasteiger partial charge in [-0.2, -0.15) is 0 Å². The van der Waals surface area contributed by atoms with Crippen LogP contribution in [0.4, 0.5) is 10.1 Å². The Morgan fingerprint density at radius 2 is 2.38 bits per heavy atom. The van der Waals surface area contributed by atoms with Gasteiger partial charge in [0.2, 0.25) is 0 Å². The quantitative estimate of drug-likeness (QED) is 0.845. The van der Waals surface area contributed by atoms with Crippen LogP contribution in [0.1, 0.15) is 19.8 Å². The van der Waals surface area contributed by atoms with Crippen molar-refractivity contribution in [3.63, 3.8) is 0 Å². The molecule has 1 aliphatic rings. The smallest absolute Gasteiger partial charge is 0.125 e. The van der Waals surface area contributed by atoms with Gasteiger partial charge in [0.1, 0.15) is 5.82 Å². The van der Waals surface area contributed by atoms with E-state index in [-0.39, 0.29) is 5.82 Å². The highest BCUT2D eigenvalue weighted by molar-refractivity contribution is 5.47. The molecule has 0 aromatic heterocycles. The van der Waals surface area contributed by atoms with Crippen molar-refractivity contribution in [1.82, 2.24) is 5.32 Å². The van der Waals surface area contributed by atoms with E-state index < -0.39 is 0 Å². The lowest BCUT2D eigenvalue weighted by Crippen LogP contribution is -2.50. The minimum Gasteiger partial charge on any atom is -0.369 e. The van der Waals surface area contributed by atoms with Crippen LogP contribution in [0.15, 0.2) is 24.3 Å². The average molecular weight is 222 g/mol. The maximum absolute atomic E-state index is 13.1. The third-order valence-electron chi connectivity index (χ3n) is 3.07. The molecular formula is C13H19FN2. The molecule has 88 valence electrons. The number of halogens is 1. The average Bonchev–Trinajstić information content (AvgIpc) is 2.30. The van der Waals surface area contributed by atoms with E-state index in [0.29, 0.717) is 6.04 Å². The molecule has 0 aliphatic carbocycles. The fourth-order valence-electron chi connectivity index (χ4n) is 2.27. The fourth-order valence-corrected chi connectivity index (χ4v) is 2.27. The van der Waals surface area contributed by atoms with Crippen LogP contribution in [0.3, 0.4) is 0 Å². The molecule has 1 N–H and O–H groups in total. The zero-order valence-corrected chi connectivity index (χ0v) is 9.75. The summed E-state index contributed by atoms with van der Waals surface area (Å²) in [5.74, 6) is -0.150. The van der Waals surface area contributed by atoms with E-state index in [1.54, 1.807) is 12.1 Å². The summed E-state index contributed by atoms with van der Waals surface area (Å²) in [6, 6.07) is 7.42. The Morgan fingerprint density at radius 1 is 1.50 bits per heavy atom. The van der Waals surface area contributed by atoms with E-state index in [9.17, 15) is 4.39 Å². The number of hydrogen-bond donors (Lipinski definition) is 1. The number of rotatable bonds is 3. The number of piperazine rings is 1. The van der Waals surface area contributed by atoms with Gasteiger partial charge in [-0.3, -0.25) is 0 Å². The molecule has 0 bridgehead atoms. The van der Waals surface area contributed by atoms with Gasteiger partial charge in [-0.1, -0.05) is 19.4 Å². The molecule has 2 nitrogen and oxygen atoms in total. The molecule has 3 heteroatoms. The third kappa shape index (κ3) is 2.73. The Balaban J connectivity index is 2.03. The topological polar surface area (TPSA) is 15.3 Å². The van der Waals surface area contributed by atoms with E-state index in [2.05, 4.69) is 17.1 Å². The number of nitrogens with one attached hydrogen (secondary N) is 1. The first-order valence-corrected chi connectivity index (χ1v) is 6.03. The first kappa shape index (κ1) is 11.4. The fraction of sp³-hybridized carbons (Fsp3) is 0.538.